The molecule has 168 valence electrons. The molecule has 0 spiro atoms. The number of carbonyl (C=O) groups is 4. The summed E-state index contributed by atoms with van der Waals surface area (Å²) in [4.78, 5) is 52.2. The number of carbonyl (C=O) groups excluding carboxylic acids is 4. The topological polar surface area (TPSA) is 118 Å². The summed E-state index contributed by atoms with van der Waals surface area (Å²) in [5, 5.41) is 2.67. The first-order valence-electron chi connectivity index (χ1n) is 10.6. The summed E-state index contributed by atoms with van der Waals surface area (Å²) in [6.45, 7) is 3.26. The maximum atomic E-state index is 12.9. The Morgan fingerprint density at radius 1 is 1.16 bits per heavy atom. The molecule has 0 unspecified atom stereocenters. The molecule has 10 heteroatoms. The Morgan fingerprint density at radius 2 is 1.84 bits per heavy atom. The second kappa shape index (κ2) is 9.15. The second-order valence-corrected chi connectivity index (χ2v) is 8.97. The molecule has 2 heterocycles. The molecule has 0 radical (unpaired) electrons. The molecule has 3 atom stereocenters. The molecule has 1 saturated heterocycles. The van der Waals surface area contributed by atoms with E-state index in [2.05, 4.69) is 14.0 Å². The standard InChI is InChI=1S/C22H24N4O5S/c1-12(2)10-17(26-20(28)13-6-3-4-7-14(13)21(26)29)22(30)31-11-18(27)23-15-8-5-9-16-19(15)25-32-24-16/h3-5,8-9,12-14,17H,6-7,10-11H2,1-2H3,(H,23,27)/t13-,14-,17-/m1/s1. The van der Waals surface area contributed by atoms with Crippen molar-refractivity contribution in [3.8, 4) is 0 Å². The Labute approximate surface area is 189 Å². The summed E-state index contributed by atoms with van der Waals surface area (Å²) in [6, 6.07) is 4.16. The highest BCUT2D eigenvalue weighted by molar-refractivity contribution is 7.58. The van der Waals surface area contributed by atoms with Crippen LogP contribution in [0.2, 0.25) is 0 Å². The van der Waals surface area contributed by atoms with Crippen molar-refractivity contribution >= 4 is 52.1 Å². The van der Waals surface area contributed by atoms with E-state index in [4.69, 9.17) is 4.74 Å². The van der Waals surface area contributed by atoms with Crippen LogP contribution in [0.25, 0.3) is 0 Å². The molecule has 2 aliphatic heterocycles. The zero-order chi connectivity index (χ0) is 22.8. The van der Waals surface area contributed by atoms with Crippen molar-refractivity contribution in [3.05, 3.63) is 30.4 Å². The molecule has 32 heavy (non-hydrogen) atoms. The molecule has 3 aliphatic rings. The zero-order valence-electron chi connectivity index (χ0n) is 17.8. The van der Waals surface area contributed by atoms with Gasteiger partial charge in [0.2, 0.25) is 11.8 Å². The molecule has 4 rings (SSSR count). The minimum atomic E-state index is -1.04. The first-order chi connectivity index (χ1) is 15.4. The summed E-state index contributed by atoms with van der Waals surface area (Å²) in [7, 11) is 0. The lowest BCUT2D eigenvalue weighted by Crippen LogP contribution is -2.47. The molecule has 1 aromatic carbocycles. The van der Waals surface area contributed by atoms with Gasteiger partial charge in [0.15, 0.2) is 6.61 Å². The largest absolute Gasteiger partial charge is 0.454 e. The second-order valence-electron chi connectivity index (χ2n) is 8.44. The smallest absolute Gasteiger partial charge is 0.329 e. The lowest BCUT2D eigenvalue weighted by Gasteiger charge is -2.26. The van der Waals surface area contributed by atoms with E-state index in [0.717, 1.165) is 16.3 Å². The Kier molecular flexibility index (Phi) is 6.31. The number of hydrogen-bond acceptors (Lipinski definition) is 7. The Balaban J connectivity index is 1.42. The van der Waals surface area contributed by atoms with Crippen molar-refractivity contribution in [1.82, 2.24) is 4.90 Å². The predicted octanol–water partition coefficient (Wildman–Crippen LogP) is 3.26. The average molecular weight is 457 g/mol. The van der Waals surface area contributed by atoms with Gasteiger partial charge in [-0.3, -0.25) is 19.3 Å². The van der Waals surface area contributed by atoms with E-state index in [0.29, 0.717) is 29.9 Å². The summed E-state index contributed by atoms with van der Waals surface area (Å²) >= 11 is 1.03. The number of benzene rings is 1. The van der Waals surface area contributed by atoms with Crippen LogP contribution in [0.3, 0.4) is 0 Å². The number of fused-ring (bicyclic) bond motifs is 2. The fourth-order valence-corrected chi connectivity index (χ4v) is 4.76. The SMILES string of the molecule is CC(C)C[C@H](C(=O)OCC(=O)Nc1cccc2c1N=S=N2)N1C(=O)[C@@H]2CC=CC[C@H]2C1=O. The third-order valence-corrected chi connectivity index (χ3v) is 6.27. The van der Waals surface area contributed by atoms with Crippen molar-refractivity contribution < 1.29 is 23.9 Å². The molecule has 0 bridgehead atoms. The lowest BCUT2D eigenvalue weighted by atomic mass is 9.85. The fraction of sp³-hybridized carbons (Fsp3) is 0.455. The fourth-order valence-electron chi connectivity index (χ4n) is 4.21. The molecular weight excluding hydrogens is 432 g/mol. The predicted molar refractivity (Wildman–Crippen MR) is 118 cm³/mol. The number of imide groups is 1. The highest BCUT2D eigenvalue weighted by Gasteiger charge is 2.51. The van der Waals surface area contributed by atoms with Crippen LogP contribution in [0.15, 0.2) is 39.1 Å². The number of nitrogens with one attached hydrogen (secondary N) is 1. The van der Waals surface area contributed by atoms with E-state index in [9.17, 15) is 19.2 Å². The number of esters is 1. The van der Waals surface area contributed by atoms with Crippen molar-refractivity contribution in [2.24, 2.45) is 26.5 Å². The maximum Gasteiger partial charge on any atom is 0.329 e. The van der Waals surface area contributed by atoms with Gasteiger partial charge >= 0.3 is 5.97 Å². The van der Waals surface area contributed by atoms with E-state index >= 15 is 0 Å². The Morgan fingerprint density at radius 3 is 2.50 bits per heavy atom. The van der Waals surface area contributed by atoms with E-state index < -0.39 is 36.4 Å². The van der Waals surface area contributed by atoms with Gasteiger partial charge in [-0.2, -0.15) is 8.73 Å². The number of hydrogen-bond donors (Lipinski definition) is 1. The van der Waals surface area contributed by atoms with E-state index in [1.54, 1.807) is 18.2 Å². The van der Waals surface area contributed by atoms with Crippen molar-refractivity contribution in [2.75, 3.05) is 11.9 Å². The molecule has 9 nitrogen and oxygen atoms in total. The van der Waals surface area contributed by atoms with Gasteiger partial charge in [-0.05, 0) is 37.3 Å². The van der Waals surface area contributed by atoms with Crippen LogP contribution in [0, 0.1) is 17.8 Å². The van der Waals surface area contributed by atoms with Gasteiger partial charge < -0.3 is 10.1 Å². The molecule has 1 aromatic rings. The highest BCUT2D eigenvalue weighted by Crippen LogP contribution is 2.39. The number of anilines is 1. The van der Waals surface area contributed by atoms with Crippen LogP contribution in [0.1, 0.15) is 33.1 Å². The van der Waals surface area contributed by atoms with Crippen LogP contribution >= 0.6 is 0 Å². The van der Waals surface area contributed by atoms with E-state index in [1.807, 2.05) is 26.0 Å². The number of nitrogens with zero attached hydrogens (tertiary/aromatic N) is 3. The van der Waals surface area contributed by atoms with Crippen LogP contribution < -0.4 is 5.32 Å². The van der Waals surface area contributed by atoms with Crippen molar-refractivity contribution in [3.63, 3.8) is 0 Å². The van der Waals surface area contributed by atoms with Gasteiger partial charge in [-0.15, -0.1) is 0 Å². The molecule has 0 aromatic heterocycles. The third kappa shape index (κ3) is 4.27. The summed E-state index contributed by atoms with van der Waals surface area (Å²) in [5.74, 6) is -2.78. The van der Waals surface area contributed by atoms with Crippen LogP contribution in [-0.4, -0.2) is 41.2 Å². The Hall–Kier alpha value is -3.14. The van der Waals surface area contributed by atoms with Crippen molar-refractivity contribution in [2.45, 2.75) is 39.2 Å². The van der Waals surface area contributed by atoms with Gasteiger partial charge in [0.25, 0.3) is 5.91 Å². The minimum Gasteiger partial charge on any atom is -0.454 e. The van der Waals surface area contributed by atoms with E-state index in [1.165, 1.54) is 0 Å². The number of amides is 3. The molecule has 0 saturated carbocycles. The Bertz CT molecular complexity index is 1050. The number of allylic oxidation sites excluding steroid dienone is 2. The third-order valence-electron chi connectivity index (χ3n) is 5.73. The summed E-state index contributed by atoms with van der Waals surface area (Å²) in [6.07, 6.45) is 5.06. The van der Waals surface area contributed by atoms with Crippen LogP contribution in [0.4, 0.5) is 17.1 Å². The summed E-state index contributed by atoms with van der Waals surface area (Å²) < 4.78 is 13.5. The first kappa shape index (κ1) is 22.1. The van der Waals surface area contributed by atoms with Gasteiger partial charge in [0.05, 0.1) is 28.9 Å². The molecular formula is C22H24N4O5S. The molecule has 1 aliphatic carbocycles. The lowest BCUT2D eigenvalue weighted by molar-refractivity contribution is -0.160. The maximum absolute atomic E-state index is 12.9. The number of rotatable bonds is 7. The average Bonchev–Trinajstić information content (AvgIpc) is 3.35. The molecule has 1 fully saturated rings. The monoisotopic (exact) mass is 456 g/mol. The van der Waals surface area contributed by atoms with E-state index in [-0.39, 0.29) is 24.2 Å². The molecule has 1 N–H and O–H groups in total. The first-order valence-corrected chi connectivity index (χ1v) is 11.3. The molecule has 3 amide bonds. The van der Waals surface area contributed by atoms with Gasteiger partial charge in [0.1, 0.15) is 17.4 Å². The number of likely N-dealkylation sites (tertiary alicyclic amines) is 1. The zero-order valence-corrected chi connectivity index (χ0v) is 18.6. The van der Waals surface area contributed by atoms with Crippen LogP contribution in [0.5, 0.6) is 0 Å². The number of ether oxygens (including phenoxy) is 1. The quantitative estimate of drug-likeness (QED) is 0.390. The normalized spacial score (nSPS) is 21.9. The van der Waals surface area contributed by atoms with Gasteiger partial charge in [0, 0.05) is 0 Å². The van der Waals surface area contributed by atoms with Gasteiger partial charge in [-0.25, -0.2) is 4.79 Å². The van der Waals surface area contributed by atoms with Crippen LogP contribution in [-0.2, 0) is 35.3 Å². The highest BCUT2D eigenvalue weighted by atomic mass is 32.1. The summed E-state index contributed by atoms with van der Waals surface area (Å²) in [5.41, 5.74) is 1.68. The van der Waals surface area contributed by atoms with Gasteiger partial charge in [-0.1, -0.05) is 32.1 Å². The minimum absolute atomic E-state index is 0.0393. The van der Waals surface area contributed by atoms with Crippen molar-refractivity contribution in [1.29, 1.82) is 0 Å².